The Morgan fingerprint density at radius 3 is 2.73 bits per heavy atom. The van der Waals surface area contributed by atoms with Gasteiger partial charge in [-0.25, -0.2) is 0 Å². The Morgan fingerprint density at radius 1 is 1.32 bits per heavy atom. The topological polar surface area (TPSA) is 55.8 Å². The molecule has 0 N–H and O–H groups in total. The van der Waals surface area contributed by atoms with Crippen LogP contribution in [0.15, 0.2) is 30.3 Å². The second-order valence-electron chi connectivity index (χ2n) is 5.38. The van der Waals surface area contributed by atoms with Crippen LogP contribution in [-0.2, 0) is 25.6 Å². The second kappa shape index (κ2) is 8.54. The molecule has 1 aliphatic heterocycles. The molecule has 1 atom stereocenters. The van der Waals surface area contributed by atoms with E-state index in [1.165, 1.54) is 0 Å². The van der Waals surface area contributed by atoms with Crippen molar-refractivity contribution in [2.24, 2.45) is 0 Å². The first kappa shape index (κ1) is 16.5. The Hall–Kier alpha value is -1.88. The highest BCUT2D eigenvalue weighted by molar-refractivity contribution is 5.82. The van der Waals surface area contributed by atoms with E-state index in [1.807, 2.05) is 30.3 Å². The molecule has 1 saturated heterocycles. The molecule has 0 aromatic heterocycles. The van der Waals surface area contributed by atoms with Crippen LogP contribution in [0.2, 0.25) is 0 Å². The van der Waals surface area contributed by atoms with Crippen molar-refractivity contribution in [1.29, 1.82) is 0 Å². The molecule has 2 rings (SSSR count). The Morgan fingerprint density at radius 2 is 2.09 bits per heavy atom. The minimum Gasteiger partial charge on any atom is -0.465 e. The van der Waals surface area contributed by atoms with Gasteiger partial charge in [0.1, 0.15) is 6.54 Å². The zero-order valence-electron chi connectivity index (χ0n) is 13.0. The number of hydrogen-bond acceptors (Lipinski definition) is 4. The van der Waals surface area contributed by atoms with E-state index in [0.29, 0.717) is 26.2 Å². The molecule has 5 heteroatoms. The zero-order chi connectivity index (χ0) is 15.8. The average Bonchev–Trinajstić information content (AvgIpc) is 3.01. The molecule has 1 aromatic carbocycles. The molecule has 0 bridgehead atoms. The van der Waals surface area contributed by atoms with Crippen molar-refractivity contribution in [2.45, 2.75) is 38.8 Å². The monoisotopic (exact) mass is 305 g/mol. The number of esters is 1. The number of hydrogen-bond donors (Lipinski definition) is 0. The normalized spacial score (nSPS) is 17.2. The van der Waals surface area contributed by atoms with Crippen LogP contribution in [0.5, 0.6) is 0 Å². The molecule has 0 saturated carbocycles. The number of rotatable bonds is 7. The van der Waals surface area contributed by atoms with Gasteiger partial charge in [0, 0.05) is 13.2 Å². The summed E-state index contributed by atoms with van der Waals surface area (Å²) >= 11 is 0. The smallest absolute Gasteiger partial charge is 0.325 e. The van der Waals surface area contributed by atoms with E-state index in [9.17, 15) is 9.59 Å². The lowest BCUT2D eigenvalue weighted by Gasteiger charge is -2.23. The summed E-state index contributed by atoms with van der Waals surface area (Å²) in [6, 6.07) is 9.65. The summed E-state index contributed by atoms with van der Waals surface area (Å²) in [6.07, 6.45) is 2.21. The van der Waals surface area contributed by atoms with Gasteiger partial charge in [0.25, 0.3) is 0 Å². The van der Waals surface area contributed by atoms with Crippen molar-refractivity contribution < 1.29 is 19.1 Å². The van der Waals surface area contributed by atoms with Gasteiger partial charge in [-0.15, -0.1) is 0 Å². The highest BCUT2D eigenvalue weighted by atomic mass is 16.5. The summed E-state index contributed by atoms with van der Waals surface area (Å²) in [4.78, 5) is 25.8. The Labute approximate surface area is 131 Å². The summed E-state index contributed by atoms with van der Waals surface area (Å²) in [6.45, 7) is 3.18. The first-order chi connectivity index (χ1) is 10.7. The van der Waals surface area contributed by atoms with Crippen LogP contribution >= 0.6 is 0 Å². The van der Waals surface area contributed by atoms with E-state index in [1.54, 1.807) is 11.8 Å². The molecule has 5 nitrogen and oxygen atoms in total. The molecule has 1 aliphatic rings. The lowest BCUT2D eigenvalue weighted by atomic mass is 10.1. The predicted molar refractivity (Wildman–Crippen MR) is 82.1 cm³/mol. The van der Waals surface area contributed by atoms with Gasteiger partial charge in [-0.1, -0.05) is 30.3 Å². The predicted octanol–water partition coefficient (Wildman–Crippen LogP) is 2.15. The fourth-order valence-corrected chi connectivity index (χ4v) is 2.53. The maximum atomic E-state index is 12.5. The number of carbonyl (C=O) groups excluding carboxylic acids is 2. The lowest BCUT2D eigenvalue weighted by molar-refractivity contribution is -0.150. The van der Waals surface area contributed by atoms with Gasteiger partial charge < -0.3 is 14.4 Å². The number of nitrogens with zero attached hydrogens (tertiary/aromatic N) is 1. The maximum absolute atomic E-state index is 12.5. The Balaban J connectivity index is 1.99. The molecule has 0 radical (unpaired) electrons. The summed E-state index contributed by atoms with van der Waals surface area (Å²) in [7, 11) is 0. The van der Waals surface area contributed by atoms with Crippen LogP contribution in [0.1, 0.15) is 31.7 Å². The van der Waals surface area contributed by atoms with Gasteiger partial charge in [-0.3, -0.25) is 9.59 Å². The van der Waals surface area contributed by atoms with Crippen molar-refractivity contribution in [3.63, 3.8) is 0 Å². The van der Waals surface area contributed by atoms with Crippen LogP contribution in [0.4, 0.5) is 0 Å². The summed E-state index contributed by atoms with van der Waals surface area (Å²) < 4.78 is 10.5. The number of benzene rings is 1. The van der Waals surface area contributed by atoms with Crippen LogP contribution in [0, 0.1) is 0 Å². The maximum Gasteiger partial charge on any atom is 0.325 e. The molecular formula is C17H23NO4. The summed E-state index contributed by atoms with van der Waals surface area (Å²) in [5.74, 6) is -0.442. The first-order valence-electron chi connectivity index (χ1n) is 7.78. The molecule has 1 heterocycles. The zero-order valence-corrected chi connectivity index (χ0v) is 13.0. The standard InChI is InChI=1S/C17H23NO4/c1-2-21-17(20)13-18(12-14-7-4-3-5-8-14)16(19)11-15-9-6-10-22-15/h3-5,7-8,15H,2,6,9-13H2,1H3/t15-/m0/s1. The number of carbonyl (C=O) groups is 2. The highest BCUT2D eigenvalue weighted by Gasteiger charge is 2.24. The van der Waals surface area contributed by atoms with Crippen molar-refractivity contribution in [1.82, 2.24) is 4.90 Å². The van der Waals surface area contributed by atoms with Crippen molar-refractivity contribution in [2.75, 3.05) is 19.8 Å². The number of amides is 1. The van der Waals surface area contributed by atoms with Crippen molar-refractivity contribution >= 4 is 11.9 Å². The third-order valence-corrected chi connectivity index (χ3v) is 3.62. The number of ether oxygens (including phenoxy) is 2. The van der Waals surface area contributed by atoms with Gasteiger partial charge in [0.15, 0.2) is 0 Å². The van der Waals surface area contributed by atoms with E-state index in [4.69, 9.17) is 9.47 Å². The Kier molecular flexibility index (Phi) is 6.40. The van der Waals surface area contributed by atoms with Gasteiger partial charge in [0.2, 0.25) is 5.91 Å². The fraction of sp³-hybridized carbons (Fsp3) is 0.529. The summed E-state index contributed by atoms with van der Waals surface area (Å²) in [5, 5.41) is 0. The highest BCUT2D eigenvalue weighted by Crippen LogP contribution is 2.17. The molecule has 0 spiro atoms. The molecular weight excluding hydrogens is 282 g/mol. The van der Waals surface area contributed by atoms with E-state index in [-0.39, 0.29) is 24.5 Å². The Bertz CT molecular complexity index is 483. The molecule has 120 valence electrons. The largest absolute Gasteiger partial charge is 0.465 e. The summed E-state index contributed by atoms with van der Waals surface area (Å²) in [5.41, 5.74) is 0.993. The van der Waals surface area contributed by atoms with Crippen molar-refractivity contribution in [3.05, 3.63) is 35.9 Å². The van der Waals surface area contributed by atoms with E-state index < -0.39 is 0 Å². The third kappa shape index (κ3) is 5.15. The van der Waals surface area contributed by atoms with E-state index in [0.717, 1.165) is 18.4 Å². The van der Waals surface area contributed by atoms with Gasteiger partial charge in [0.05, 0.1) is 19.1 Å². The molecule has 1 fully saturated rings. The fourth-order valence-electron chi connectivity index (χ4n) is 2.53. The molecule has 22 heavy (non-hydrogen) atoms. The molecule has 1 amide bonds. The minimum absolute atomic E-state index is 0.0196. The lowest BCUT2D eigenvalue weighted by Crippen LogP contribution is -2.37. The molecule has 0 aliphatic carbocycles. The van der Waals surface area contributed by atoms with E-state index in [2.05, 4.69) is 0 Å². The van der Waals surface area contributed by atoms with Gasteiger partial charge in [-0.05, 0) is 25.3 Å². The minimum atomic E-state index is -0.376. The van der Waals surface area contributed by atoms with Gasteiger partial charge >= 0.3 is 5.97 Å². The average molecular weight is 305 g/mol. The van der Waals surface area contributed by atoms with Crippen LogP contribution in [0.3, 0.4) is 0 Å². The van der Waals surface area contributed by atoms with Crippen LogP contribution < -0.4 is 0 Å². The van der Waals surface area contributed by atoms with Crippen molar-refractivity contribution in [3.8, 4) is 0 Å². The molecule has 0 unspecified atom stereocenters. The SMILES string of the molecule is CCOC(=O)CN(Cc1ccccc1)C(=O)C[C@@H]1CCCO1. The van der Waals surface area contributed by atoms with Gasteiger partial charge in [-0.2, -0.15) is 0 Å². The van der Waals surface area contributed by atoms with Crippen LogP contribution in [0.25, 0.3) is 0 Å². The van der Waals surface area contributed by atoms with Crippen LogP contribution in [-0.4, -0.2) is 42.6 Å². The third-order valence-electron chi connectivity index (χ3n) is 3.62. The second-order valence-corrected chi connectivity index (χ2v) is 5.38. The first-order valence-corrected chi connectivity index (χ1v) is 7.78. The quantitative estimate of drug-likeness (QED) is 0.724. The molecule has 1 aromatic rings. The van der Waals surface area contributed by atoms with E-state index >= 15 is 0 Å².